The van der Waals surface area contributed by atoms with Gasteiger partial charge in [0.15, 0.2) is 0 Å². The highest BCUT2D eigenvalue weighted by atomic mass is 16.1. The molecule has 0 amide bonds. The Hall–Kier alpha value is -1.15. The summed E-state index contributed by atoms with van der Waals surface area (Å²) >= 11 is 0. The molecule has 1 rings (SSSR count). The minimum absolute atomic E-state index is 0.267. The molecule has 0 heterocycles. The zero-order chi connectivity index (χ0) is 12.2. The van der Waals surface area contributed by atoms with Crippen molar-refractivity contribution in [1.82, 2.24) is 5.32 Å². The number of carbonyl (C=O) groups is 1. The van der Waals surface area contributed by atoms with E-state index in [0.717, 1.165) is 18.4 Å². The zero-order valence-electron chi connectivity index (χ0n) is 10.6. The smallest absolute Gasteiger partial charge is 0.150 e. The highest BCUT2D eigenvalue weighted by molar-refractivity contribution is 5.74. The molecule has 0 saturated carbocycles. The average molecular weight is 219 g/mol. The van der Waals surface area contributed by atoms with Crippen molar-refractivity contribution in [2.24, 2.45) is 5.41 Å². The maximum Gasteiger partial charge on any atom is 0.150 e. The molecule has 2 heteroatoms. The fourth-order valence-corrected chi connectivity index (χ4v) is 1.29. The maximum atomic E-state index is 10.5. The van der Waals surface area contributed by atoms with Crippen LogP contribution in [0.3, 0.4) is 0 Å². The molecule has 0 aliphatic carbocycles. The second kappa shape index (κ2) is 5.26. The van der Waals surface area contributed by atoms with Gasteiger partial charge in [0.25, 0.3) is 0 Å². The molecule has 0 bridgehead atoms. The van der Waals surface area contributed by atoms with Crippen molar-refractivity contribution in [1.29, 1.82) is 0 Å². The summed E-state index contributed by atoms with van der Waals surface area (Å²) in [6.45, 7) is 9.71. The molecule has 0 aliphatic heterocycles. The van der Waals surface area contributed by atoms with Crippen LogP contribution >= 0.6 is 0 Å². The number of benzene rings is 1. The van der Waals surface area contributed by atoms with Crippen LogP contribution in [0.2, 0.25) is 0 Å². The van der Waals surface area contributed by atoms with E-state index >= 15 is 0 Å². The Balaban J connectivity index is 2.51. The molecule has 1 atom stereocenters. The first kappa shape index (κ1) is 12.9. The van der Waals surface area contributed by atoms with E-state index < -0.39 is 0 Å². The summed E-state index contributed by atoms with van der Waals surface area (Å²) < 4.78 is 0. The summed E-state index contributed by atoms with van der Waals surface area (Å²) in [5.74, 6) is 0. The van der Waals surface area contributed by atoms with Gasteiger partial charge < -0.3 is 5.32 Å². The monoisotopic (exact) mass is 219 g/mol. The summed E-state index contributed by atoms with van der Waals surface area (Å²) in [4.78, 5) is 10.5. The lowest BCUT2D eigenvalue weighted by Crippen LogP contribution is -2.37. The number of hydrogen-bond donors (Lipinski definition) is 1. The average Bonchev–Trinajstić information content (AvgIpc) is 2.25. The number of aldehydes is 1. The summed E-state index contributed by atoms with van der Waals surface area (Å²) in [5.41, 5.74) is 2.21. The van der Waals surface area contributed by atoms with Crippen molar-refractivity contribution in [3.8, 4) is 0 Å². The summed E-state index contributed by atoms with van der Waals surface area (Å²) in [6, 6.07) is 8.15. The Labute approximate surface area is 98.1 Å². The Morgan fingerprint density at radius 1 is 1.25 bits per heavy atom. The predicted molar refractivity (Wildman–Crippen MR) is 67.6 cm³/mol. The van der Waals surface area contributed by atoms with E-state index in [4.69, 9.17) is 0 Å². The summed E-state index contributed by atoms with van der Waals surface area (Å²) in [7, 11) is 0. The lowest BCUT2D eigenvalue weighted by atomic mass is 9.88. The Bertz CT molecular complexity index is 335. The molecular weight excluding hydrogens is 198 g/mol. The van der Waals surface area contributed by atoms with Gasteiger partial charge in [-0.1, -0.05) is 45.0 Å². The second-order valence-corrected chi connectivity index (χ2v) is 5.33. The van der Waals surface area contributed by atoms with Gasteiger partial charge in [-0.3, -0.25) is 4.79 Å². The third kappa shape index (κ3) is 3.78. The third-order valence-electron chi connectivity index (χ3n) is 3.03. The van der Waals surface area contributed by atoms with Gasteiger partial charge in [-0.2, -0.15) is 0 Å². The van der Waals surface area contributed by atoms with Crippen LogP contribution in [0.1, 0.15) is 43.6 Å². The van der Waals surface area contributed by atoms with Crippen LogP contribution in [-0.2, 0) is 6.54 Å². The van der Waals surface area contributed by atoms with Crippen LogP contribution in [0.5, 0.6) is 0 Å². The Morgan fingerprint density at radius 3 is 2.25 bits per heavy atom. The summed E-state index contributed by atoms with van der Waals surface area (Å²) in [6.07, 6.45) is 0.870. The van der Waals surface area contributed by atoms with Gasteiger partial charge >= 0.3 is 0 Å². The van der Waals surface area contributed by atoms with Crippen LogP contribution in [0.25, 0.3) is 0 Å². The quantitative estimate of drug-likeness (QED) is 0.789. The molecular formula is C14H21NO. The van der Waals surface area contributed by atoms with Gasteiger partial charge in [0, 0.05) is 18.2 Å². The number of rotatable bonds is 4. The van der Waals surface area contributed by atoms with E-state index in [1.165, 1.54) is 5.56 Å². The molecule has 0 aliphatic rings. The lowest BCUT2D eigenvalue weighted by Gasteiger charge is -2.28. The first-order chi connectivity index (χ1) is 7.43. The van der Waals surface area contributed by atoms with Crippen molar-refractivity contribution in [3.05, 3.63) is 35.4 Å². The predicted octanol–water partition coefficient (Wildman–Crippen LogP) is 3.02. The Morgan fingerprint density at radius 2 is 1.81 bits per heavy atom. The fraction of sp³-hybridized carbons (Fsp3) is 0.500. The molecule has 1 aromatic rings. The fourth-order valence-electron chi connectivity index (χ4n) is 1.29. The van der Waals surface area contributed by atoms with Crippen LogP contribution < -0.4 is 5.32 Å². The normalized spacial score (nSPS) is 13.5. The van der Waals surface area contributed by atoms with E-state index in [-0.39, 0.29) is 5.41 Å². The molecule has 1 unspecified atom stereocenters. The largest absolute Gasteiger partial charge is 0.310 e. The number of nitrogens with one attached hydrogen (secondary N) is 1. The molecule has 2 nitrogen and oxygen atoms in total. The third-order valence-corrected chi connectivity index (χ3v) is 3.03. The minimum atomic E-state index is 0.267. The van der Waals surface area contributed by atoms with Gasteiger partial charge in [-0.25, -0.2) is 0 Å². The zero-order valence-corrected chi connectivity index (χ0v) is 10.6. The summed E-state index contributed by atoms with van der Waals surface area (Å²) in [5, 5.41) is 3.49. The second-order valence-electron chi connectivity index (χ2n) is 5.33. The van der Waals surface area contributed by atoms with Crippen LogP contribution in [0.4, 0.5) is 0 Å². The maximum absolute atomic E-state index is 10.5. The first-order valence-electron chi connectivity index (χ1n) is 5.71. The van der Waals surface area contributed by atoms with E-state index in [0.29, 0.717) is 6.04 Å². The highest BCUT2D eigenvalue weighted by Gasteiger charge is 2.18. The van der Waals surface area contributed by atoms with Crippen molar-refractivity contribution in [3.63, 3.8) is 0 Å². The molecule has 0 saturated heterocycles. The van der Waals surface area contributed by atoms with Gasteiger partial charge in [0.2, 0.25) is 0 Å². The standard InChI is InChI=1S/C14H21NO/c1-11(14(2,3)4)15-9-12-5-7-13(10-16)8-6-12/h5-8,10-11,15H,9H2,1-4H3. The van der Waals surface area contributed by atoms with Crippen molar-refractivity contribution in [2.45, 2.75) is 40.3 Å². The van der Waals surface area contributed by atoms with Crippen LogP contribution in [0.15, 0.2) is 24.3 Å². The van der Waals surface area contributed by atoms with Crippen LogP contribution in [-0.4, -0.2) is 12.3 Å². The van der Waals surface area contributed by atoms with Gasteiger partial charge in [0.05, 0.1) is 0 Å². The van der Waals surface area contributed by atoms with E-state index in [2.05, 4.69) is 33.0 Å². The molecule has 0 aromatic heterocycles. The first-order valence-corrected chi connectivity index (χ1v) is 5.71. The topological polar surface area (TPSA) is 29.1 Å². The molecule has 16 heavy (non-hydrogen) atoms. The van der Waals surface area contributed by atoms with Gasteiger partial charge in [-0.05, 0) is 17.9 Å². The molecule has 1 N–H and O–H groups in total. The van der Waals surface area contributed by atoms with Crippen molar-refractivity contribution >= 4 is 6.29 Å². The molecule has 88 valence electrons. The van der Waals surface area contributed by atoms with E-state index in [1.54, 1.807) is 0 Å². The van der Waals surface area contributed by atoms with Crippen LogP contribution in [0, 0.1) is 5.41 Å². The number of hydrogen-bond acceptors (Lipinski definition) is 2. The van der Waals surface area contributed by atoms with E-state index in [9.17, 15) is 4.79 Å². The molecule has 0 radical (unpaired) electrons. The van der Waals surface area contributed by atoms with E-state index in [1.807, 2.05) is 24.3 Å². The Kier molecular flexibility index (Phi) is 4.25. The molecule has 1 aromatic carbocycles. The minimum Gasteiger partial charge on any atom is -0.310 e. The van der Waals surface area contributed by atoms with Gasteiger partial charge in [-0.15, -0.1) is 0 Å². The van der Waals surface area contributed by atoms with Crippen molar-refractivity contribution < 1.29 is 4.79 Å². The lowest BCUT2D eigenvalue weighted by molar-refractivity contribution is 0.112. The molecule has 0 spiro atoms. The molecule has 0 fully saturated rings. The SMILES string of the molecule is CC(NCc1ccc(C=O)cc1)C(C)(C)C. The number of carbonyl (C=O) groups excluding carboxylic acids is 1. The van der Waals surface area contributed by atoms with Gasteiger partial charge in [0.1, 0.15) is 6.29 Å². The van der Waals surface area contributed by atoms with Crippen molar-refractivity contribution in [2.75, 3.05) is 0 Å². The highest BCUT2D eigenvalue weighted by Crippen LogP contribution is 2.18.